The van der Waals surface area contributed by atoms with E-state index in [4.69, 9.17) is 0 Å². The summed E-state index contributed by atoms with van der Waals surface area (Å²) in [6.07, 6.45) is 0.839. The highest BCUT2D eigenvalue weighted by Gasteiger charge is 2.20. The molecule has 1 unspecified atom stereocenters. The third-order valence-electron chi connectivity index (χ3n) is 3.16. The van der Waals surface area contributed by atoms with Crippen molar-refractivity contribution in [2.24, 2.45) is 0 Å². The lowest BCUT2D eigenvalue weighted by Crippen LogP contribution is -2.44. The van der Waals surface area contributed by atoms with Gasteiger partial charge < -0.3 is 15.7 Å². The van der Waals surface area contributed by atoms with Gasteiger partial charge in [-0.3, -0.25) is 4.79 Å². The summed E-state index contributed by atoms with van der Waals surface area (Å²) < 4.78 is 0. The van der Waals surface area contributed by atoms with Gasteiger partial charge in [-0.15, -0.1) is 0 Å². The zero-order valence-corrected chi connectivity index (χ0v) is 11.3. The van der Waals surface area contributed by atoms with Crippen LogP contribution in [0.5, 0.6) is 0 Å². The molecule has 0 aliphatic heterocycles. The number of amides is 1. The smallest absolute Gasteiger partial charge is 0.221 e. The van der Waals surface area contributed by atoms with Gasteiger partial charge in [-0.25, -0.2) is 0 Å². The Kier molecular flexibility index (Phi) is 5.31. The molecule has 0 bridgehead atoms. The molecule has 4 nitrogen and oxygen atoms in total. The number of rotatable bonds is 6. The molecular weight excluding hydrogens is 228 g/mol. The minimum atomic E-state index is -0.288. The van der Waals surface area contributed by atoms with Gasteiger partial charge in [0, 0.05) is 24.7 Å². The first kappa shape index (κ1) is 14.7. The maximum Gasteiger partial charge on any atom is 0.221 e. The molecule has 1 aromatic rings. The minimum absolute atomic E-state index is 0.0807. The van der Waals surface area contributed by atoms with Crippen LogP contribution >= 0.6 is 0 Å². The fourth-order valence-corrected chi connectivity index (χ4v) is 1.59. The molecule has 4 heteroatoms. The first-order valence-corrected chi connectivity index (χ1v) is 6.22. The zero-order valence-electron chi connectivity index (χ0n) is 11.3. The number of hydrogen-bond acceptors (Lipinski definition) is 3. The molecule has 0 saturated heterocycles. The van der Waals surface area contributed by atoms with E-state index in [-0.39, 0.29) is 18.1 Å². The van der Waals surface area contributed by atoms with Gasteiger partial charge in [-0.1, -0.05) is 25.1 Å². The van der Waals surface area contributed by atoms with Gasteiger partial charge in [0.15, 0.2) is 0 Å². The van der Waals surface area contributed by atoms with Gasteiger partial charge in [0.05, 0.1) is 6.61 Å². The molecule has 100 valence electrons. The van der Waals surface area contributed by atoms with Crippen molar-refractivity contribution in [1.29, 1.82) is 0 Å². The number of carbonyl (C=O) groups is 1. The highest BCUT2D eigenvalue weighted by molar-refractivity contribution is 5.89. The van der Waals surface area contributed by atoms with Crippen LogP contribution in [0.2, 0.25) is 0 Å². The van der Waals surface area contributed by atoms with E-state index in [2.05, 4.69) is 10.6 Å². The predicted molar refractivity (Wildman–Crippen MR) is 73.4 cm³/mol. The van der Waals surface area contributed by atoms with E-state index in [0.29, 0.717) is 6.54 Å². The Labute approximate surface area is 108 Å². The summed E-state index contributed by atoms with van der Waals surface area (Å²) in [6, 6.07) is 7.66. The Morgan fingerprint density at radius 3 is 2.61 bits per heavy atom. The fourth-order valence-electron chi connectivity index (χ4n) is 1.59. The highest BCUT2D eigenvalue weighted by atomic mass is 16.3. The van der Waals surface area contributed by atoms with Crippen molar-refractivity contribution in [2.75, 3.05) is 11.9 Å². The van der Waals surface area contributed by atoms with Crippen LogP contribution in [-0.4, -0.2) is 23.2 Å². The molecule has 0 aliphatic rings. The molecule has 0 heterocycles. The molecule has 0 radical (unpaired) electrons. The Morgan fingerprint density at radius 2 is 2.06 bits per heavy atom. The summed E-state index contributed by atoms with van der Waals surface area (Å²) >= 11 is 0. The summed E-state index contributed by atoms with van der Waals surface area (Å²) in [5, 5.41) is 15.5. The quantitative estimate of drug-likeness (QED) is 0.722. The number of nitrogens with one attached hydrogen (secondary N) is 2. The third kappa shape index (κ3) is 4.13. The molecule has 0 spiro atoms. The predicted octanol–water partition coefficient (Wildman–Crippen LogP) is 1.90. The number of anilines is 1. The van der Waals surface area contributed by atoms with E-state index in [1.807, 2.05) is 38.1 Å². The van der Waals surface area contributed by atoms with Crippen molar-refractivity contribution in [2.45, 2.75) is 39.3 Å². The number of benzene rings is 1. The Morgan fingerprint density at radius 1 is 1.39 bits per heavy atom. The standard InChI is InChI=1S/C14H22N2O2/c1-4-14(3,10-17)15-9-12-7-5-6-8-13(12)16-11(2)18/h5-8,15,17H,4,9-10H2,1-3H3,(H,16,18). The van der Waals surface area contributed by atoms with E-state index in [1.165, 1.54) is 6.92 Å². The van der Waals surface area contributed by atoms with Gasteiger partial charge in [0.2, 0.25) is 5.91 Å². The maximum atomic E-state index is 11.1. The largest absolute Gasteiger partial charge is 0.394 e. The molecule has 0 saturated carbocycles. The Bertz CT molecular complexity index is 401. The highest BCUT2D eigenvalue weighted by Crippen LogP contribution is 2.17. The Hall–Kier alpha value is -1.39. The van der Waals surface area contributed by atoms with Crippen LogP contribution in [-0.2, 0) is 11.3 Å². The number of hydrogen-bond donors (Lipinski definition) is 3. The lowest BCUT2D eigenvalue weighted by Gasteiger charge is -2.27. The lowest BCUT2D eigenvalue weighted by atomic mass is 9.99. The van der Waals surface area contributed by atoms with E-state index in [0.717, 1.165) is 17.7 Å². The molecule has 1 aromatic carbocycles. The maximum absolute atomic E-state index is 11.1. The average Bonchev–Trinajstić information content (AvgIpc) is 2.37. The third-order valence-corrected chi connectivity index (χ3v) is 3.16. The normalized spacial score (nSPS) is 14.0. The van der Waals surface area contributed by atoms with Gasteiger partial charge in [-0.2, -0.15) is 0 Å². The monoisotopic (exact) mass is 250 g/mol. The topological polar surface area (TPSA) is 61.4 Å². The SMILES string of the molecule is CCC(C)(CO)NCc1ccccc1NC(C)=O. The van der Waals surface area contributed by atoms with Gasteiger partial charge >= 0.3 is 0 Å². The molecule has 3 N–H and O–H groups in total. The van der Waals surface area contributed by atoms with E-state index in [1.54, 1.807) is 0 Å². The van der Waals surface area contributed by atoms with E-state index < -0.39 is 0 Å². The minimum Gasteiger partial charge on any atom is -0.394 e. The zero-order chi connectivity index (χ0) is 13.6. The van der Waals surface area contributed by atoms with Crippen molar-refractivity contribution in [3.8, 4) is 0 Å². The molecule has 1 rings (SSSR count). The molecule has 0 fully saturated rings. The Balaban J connectivity index is 2.75. The van der Waals surface area contributed by atoms with E-state index in [9.17, 15) is 9.90 Å². The number of aliphatic hydroxyl groups excluding tert-OH is 1. The first-order valence-electron chi connectivity index (χ1n) is 6.22. The van der Waals surface area contributed by atoms with Crippen molar-refractivity contribution >= 4 is 11.6 Å². The summed E-state index contributed by atoms with van der Waals surface area (Å²) in [4.78, 5) is 11.1. The number of para-hydroxylation sites is 1. The molecule has 0 aliphatic carbocycles. The van der Waals surface area contributed by atoms with Gasteiger partial charge in [0.1, 0.15) is 0 Å². The van der Waals surface area contributed by atoms with E-state index >= 15 is 0 Å². The number of aliphatic hydroxyl groups is 1. The van der Waals surface area contributed by atoms with Crippen molar-refractivity contribution in [3.05, 3.63) is 29.8 Å². The first-order chi connectivity index (χ1) is 8.50. The lowest BCUT2D eigenvalue weighted by molar-refractivity contribution is -0.114. The summed E-state index contributed by atoms with van der Waals surface area (Å²) in [6.45, 7) is 6.21. The summed E-state index contributed by atoms with van der Waals surface area (Å²) in [5.74, 6) is -0.0807. The molecule has 0 aromatic heterocycles. The summed E-state index contributed by atoms with van der Waals surface area (Å²) in [7, 11) is 0. The van der Waals surface area contributed by atoms with Crippen molar-refractivity contribution in [3.63, 3.8) is 0 Å². The average molecular weight is 250 g/mol. The molecule has 1 amide bonds. The van der Waals surface area contributed by atoms with Crippen LogP contribution in [0, 0.1) is 0 Å². The molecule has 1 atom stereocenters. The second-order valence-electron chi connectivity index (χ2n) is 4.76. The molecule has 18 heavy (non-hydrogen) atoms. The second-order valence-corrected chi connectivity index (χ2v) is 4.76. The molecular formula is C14H22N2O2. The van der Waals surface area contributed by atoms with Crippen LogP contribution in [0.15, 0.2) is 24.3 Å². The summed E-state index contributed by atoms with van der Waals surface area (Å²) in [5.41, 5.74) is 1.54. The van der Waals surface area contributed by atoms with Crippen LogP contribution in [0.4, 0.5) is 5.69 Å². The van der Waals surface area contributed by atoms with Gasteiger partial charge in [-0.05, 0) is 25.0 Å². The van der Waals surface area contributed by atoms with Gasteiger partial charge in [0.25, 0.3) is 0 Å². The van der Waals surface area contributed by atoms with Crippen LogP contribution < -0.4 is 10.6 Å². The van der Waals surface area contributed by atoms with Crippen molar-refractivity contribution in [1.82, 2.24) is 5.32 Å². The second kappa shape index (κ2) is 6.52. The van der Waals surface area contributed by atoms with Crippen LogP contribution in [0.3, 0.4) is 0 Å². The number of carbonyl (C=O) groups excluding carboxylic acids is 1. The van der Waals surface area contributed by atoms with Crippen molar-refractivity contribution < 1.29 is 9.90 Å². The van der Waals surface area contributed by atoms with Crippen LogP contribution in [0.1, 0.15) is 32.8 Å². The fraction of sp³-hybridized carbons (Fsp3) is 0.500. The van der Waals surface area contributed by atoms with Crippen LogP contribution in [0.25, 0.3) is 0 Å².